The van der Waals surface area contributed by atoms with Crippen LogP contribution in [0.2, 0.25) is 0 Å². The molecule has 1 aromatic heterocycles. The molecule has 0 bridgehead atoms. The quantitative estimate of drug-likeness (QED) is 0.651. The molecule has 0 unspecified atom stereocenters. The number of nitrogens with zero attached hydrogens (tertiary/aromatic N) is 4. The highest BCUT2D eigenvalue weighted by molar-refractivity contribution is 7.89. The average Bonchev–Trinajstić information content (AvgIpc) is 3.15. The summed E-state index contributed by atoms with van der Waals surface area (Å²) in [6.07, 6.45) is 2.81. The number of rotatable bonds is 5. The minimum absolute atomic E-state index is 0.0634. The van der Waals surface area contributed by atoms with E-state index in [4.69, 9.17) is 4.74 Å². The molecule has 1 aliphatic carbocycles. The molecule has 2 saturated heterocycles. The third-order valence-corrected chi connectivity index (χ3v) is 8.66. The van der Waals surface area contributed by atoms with Crippen LogP contribution in [0.3, 0.4) is 0 Å². The summed E-state index contributed by atoms with van der Waals surface area (Å²) in [4.78, 5) is 10.7. The molecule has 33 heavy (non-hydrogen) atoms. The smallest absolute Gasteiger partial charge is 0.416 e. The van der Waals surface area contributed by atoms with Gasteiger partial charge in [-0.15, -0.1) is 0 Å². The summed E-state index contributed by atoms with van der Waals surface area (Å²) < 4.78 is 72.5. The molecule has 1 saturated carbocycles. The Labute approximate surface area is 190 Å². The first-order chi connectivity index (χ1) is 15.7. The Balaban J connectivity index is 1.23. The molecule has 3 aliphatic rings. The van der Waals surface area contributed by atoms with E-state index in [1.54, 1.807) is 12.4 Å². The van der Waals surface area contributed by atoms with Gasteiger partial charge in [-0.25, -0.2) is 13.4 Å². The van der Waals surface area contributed by atoms with Gasteiger partial charge in [0.1, 0.15) is 6.10 Å². The van der Waals surface area contributed by atoms with Crippen molar-refractivity contribution < 1.29 is 26.3 Å². The molecule has 7 nitrogen and oxygen atoms in total. The van der Waals surface area contributed by atoms with E-state index in [9.17, 15) is 21.6 Å². The van der Waals surface area contributed by atoms with Crippen LogP contribution in [-0.4, -0.2) is 65.9 Å². The molecule has 0 radical (unpaired) electrons. The summed E-state index contributed by atoms with van der Waals surface area (Å²) in [6.45, 7) is 1.58. The average molecular weight is 483 g/mol. The van der Waals surface area contributed by atoms with Crippen LogP contribution in [0.4, 0.5) is 13.2 Å². The first-order valence-electron chi connectivity index (χ1n) is 11.1. The van der Waals surface area contributed by atoms with Crippen molar-refractivity contribution in [2.45, 2.75) is 54.8 Å². The van der Waals surface area contributed by atoms with E-state index in [0.29, 0.717) is 37.4 Å². The largest absolute Gasteiger partial charge is 0.472 e. The van der Waals surface area contributed by atoms with Crippen LogP contribution in [-0.2, 0) is 16.2 Å². The van der Waals surface area contributed by atoms with Crippen molar-refractivity contribution >= 4 is 10.0 Å². The molecular weight excluding hydrogens is 457 g/mol. The van der Waals surface area contributed by atoms with Crippen LogP contribution in [0.1, 0.15) is 42.9 Å². The van der Waals surface area contributed by atoms with Crippen LogP contribution in [0.5, 0.6) is 5.88 Å². The van der Waals surface area contributed by atoms with E-state index in [0.717, 1.165) is 30.7 Å². The Bertz CT molecular complexity index is 1110. The van der Waals surface area contributed by atoms with Gasteiger partial charge in [0.2, 0.25) is 15.9 Å². The monoisotopic (exact) mass is 482 g/mol. The molecule has 1 aromatic carbocycles. The summed E-state index contributed by atoms with van der Waals surface area (Å²) in [5.74, 6) is 0.952. The number of hydrogen-bond donors (Lipinski definition) is 0. The Hall–Kier alpha value is -2.24. The lowest BCUT2D eigenvalue weighted by Gasteiger charge is -2.36. The molecule has 5 rings (SSSR count). The molecule has 0 N–H and O–H groups in total. The molecule has 11 heteroatoms. The van der Waals surface area contributed by atoms with E-state index in [1.807, 2.05) is 0 Å². The number of piperazine rings is 1. The predicted molar refractivity (Wildman–Crippen MR) is 113 cm³/mol. The van der Waals surface area contributed by atoms with Gasteiger partial charge in [-0.3, -0.25) is 9.88 Å². The topological polar surface area (TPSA) is 75.6 Å². The van der Waals surface area contributed by atoms with Crippen LogP contribution in [0, 0.1) is 0 Å². The molecular formula is C22H25F3N4O3S. The predicted octanol–water partition coefficient (Wildman–Crippen LogP) is 3.29. The van der Waals surface area contributed by atoms with Gasteiger partial charge in [-0.05, 0) is 31.0 Å². The Morgan fingerprint density at radius 1 is 1.06 bits per heavy atom. The number of ether oxygens (including phenoxy) is 1. The number of sulfonamides is 1. The maximum absolute atomic E-state index is 13.0. The number of aromatic nitrogens is 2. The van der Waals surface area contributed by atoms with Crippen LogP contribution in [0.25, 0.3) is 0 Å². The molecule has 3 fully saturated rings. The lowest BCUT2D eigenvalue weighted by Crippen LogP contribution is -2.51. The maximum atomic E-state index is 13.0. The zero-order valence-corrected chi connectivity index (χ0v) is 18.7. The van der Waals surface area contributed by atoms with Gasteiger partial charge in [0, 0.05) is 44.6 Å². The molecule has 2 aliphatic heterocycles. The minimum Gasteiger partial charge on any atom is -0.472 e. The first-order valence-corrected chi connectivity index (χ1v) is 12.5. The van der Waals surface area contributed by atoms with Crippen LogP contribution >= 0.6 is 0 Å². The fourth-order valence-electron chi connectivity index (χ4n) is 4.73. The maximum Gasteiger partial charge on any atom is 0.416 e. The Kier molecular flexibility index (Phi) is 5.82. The number of alkyl halides is 3. The third kappa shape index (κ3) is 4.58. The van der Waals surface area contributed by atoms with E-state index >= 15 is 0 Å². The van der Waals surface area contributed by atoms with E-state index in [1.165, 1.54) is 16.8 Å². The lowest BCUT2D eigenvalue weighted by molar-refractivity contribution is -0.137. The Morgan fingerprint density at radius 3 is 2.55 bits per heavy atom. The summed E-state index contributed by atoms with van der Waals surface area (Å²) in [5.41, 5.74) is 0.0221. The second-order valence-electron chi connectivity index (χ2n) is 8.92. The highest BCUT2D eigenvalue weighted by Gasteiger charge is 2.41. The molecule has 0 spiro atoms. The van der Waals surface area contributed by atoms with Crippen LogP contribution < -0.4 is 4.74 Å². The van der Waals surface area contributed by atoms with Gasteiger partial charge in [0.05, 0.1) is 28.5 Å². The molecule has 2 aromatic rings. The number of fused-ring (bicyclic) bond motifs is 1. The van der Waals surface area contributed by atoms with Gasteiger partial charge >= 0.3 is 6.18 Å². The number of hydrogen-bond acceptors (Lipinski definition) is 6. The van der Waals surface area contributed by atoms with E-state index in [2.05, 4.69) is 14.9 Å². The summed E-state index contributed by atoms with van der Waals surface area (Å²) >= 11 is 0. The van der Waals surface area contributed by atoms with Crippen LogP contribution in [0.15, 0.2) is 41.6 Å². The number of halogens is 3. The van der Waals surface area contributed by atoms with Gasteiger partial charge in [-0.2, -0.15) is 17.5 Å². The van der Waals surface area contributed by atoms with Gasteiger partial charge in [-0.1, -0.05) is 12.5 Å². The van der Waals surface area contributed by atoms with Gasteiger partial charge < -0.3 is 4.74 Å². The first kappa shape index (κ1) is 22.5. The van der Waals surface area contributed by atoms with Crippen molar-refractivity contribution in [1.29, 1.82) is 0 Å². The van der Waals surface area contributed by atoms with Gasteiger partial charge in [0.15, 0.2) is 0 Å². The summed E-state index contributed by atoms with van der Waals surface area (Å²) in [6, 6.07) is 3.85. The third-order valence-electron chi connectivity index (χ3n) is 6.80. The van der Waals surface area contributed by atoms with Crippen molar-refractivity contribution in [3.63, 3.8) is 0 Å². The minimum atomic E-state index is -4.60. The van der Waals surface area contributed by atoms with E-state index < -0.39 is 21.8 Å². The van der Waals surface area contributed by atoms with Crippen molar-refractivity contribution in [2.24, 2.45) is 0 Å². The standard InChI is InChI=1S/C22H25F3N4O3S/c23-22(24,25)16-5-2-6-19(9-16)33(30,31)29-8-7-28-14-18(10-17(28)13-29)32-21-12-26-20(11-27-21)15-3-1-4-15/h2,5-6,9,11-12,15,17-18H,1,3-4,7-8,10,13-14H2/t17-,18+/m0/s1. The molecule has 2 atom stereocenters. The van der Waals surface area contributed by atoms with Crippen molar-refractivity contribution in [3.05, 3.63) is 47.9 Å². The van der Waals surface area contributed by atoms with Crippen molar-refractivity contribution in [2.75, 3.05) is 26.2 Å². The molecule has 3 heterocycles. The molecule has 0 amide bonds. The normalized spacial score (nSPS) is 24.9. The zero-order chi connectivity index (χ0) is 23.2. The zero-order valence-electron chi connectivity index (χ0n) is 17.9. The fourth-order valence-corrected chi connectivity index (χ4v) is 6.24. The molecule has 178 valence electrons. The highest BCUT2D eigenvalue weighted by atomic mass is 32.2. The summed E-state index contributed by atoms with van der Waals surface area (Å²) in [5, 5.41) is 0. The Morgan fingerprint density at radius 2 is 1.88 bits per heavy atom. The SMILES string of the molecule is O=S(=O)(c1cccc(C(F)(F)F)c1)N1CCN2C[C@H](Oc3cnc(C4CCC4)cn3)C[C@H]2C1. The summed E-state index contributed by atoms with van der Waals surface area (Å²) in [7, 11) is -4.03. The van der Waals surface area contributed by atoms with Gasteiger partial charge in [0.25, 0.3) is 0 Å². The van der Waals surface area contributed by atoms with Crippen molar-refractivity contribution in [3.8, 4) is 5.88 Å². The number of benzene rings is 1. The second kappa shape index (κ2) is 8.52. The second-order valence-corrected chi connectivity index (χ2v) is 10.9. The lowest BCUT2D eigenvalue weighted by atomic mass is 9.83. The fraction of sp³-hybridized carbons (Fsp3) is 0.545. The van der Waals surface area contributed by atoms with E-state index in [-0.39, 0.29) is 30.1 Å². The van der Waals surface area contributed by atoms with Crippen molar-refractivity contribution in [1.82, 2.24) is 19.2 Å². The highest BCUT2D eigenvalue weighted by Crippen LogP contribution is 2.35.